The number of amides is 2. The van der Waals surface area contributed by atoms with Crippen LogP contribution in [0.15, 0.2) is 28.4 Å². The van der Waals surface area contributed by atoms with Crippen LogP contribution in [0.3, 0.4) is 0 Å². The van der Waals surface area contributed by atoms with Gasteiger partial charge < -0.3 is 4.52 Å². The molecule has 1 aromatic heterocycles. The van der Waals surface area contributed by atoms with Gasteiger partial charge in [-0.05, 0) is 6.92 Å². The Morgan fingerprint density at radius 1 is 1.50 bits per heavy atom. The topological polar surface area (TPSA) is 63.4 Å². The van der Waals surface area contributed by atoms with Crippen molar-refractivity contribution >= 4 is 11.8 Å². The van der Waals surface area contributed by atoms with Crippen molar-refractivity contribution in [3.8, 4) is 0 Å². The van der Waals surface area contributed by atoms with E-state index in [1.165, 1.54) is 12.3 Å². The summed E-state index contributed by atoms with van der Waals surface area (Å²) in [6.07, 6.45) is 2.79. The van der Waals surface area contributed by atoms with Gasteiger partial charge >= 0.3 is 0 Å². The Morgan fingerprint density at radius 2 is 2.29 bits per heavy atom. The standard InChI is InChI=1S/C9H8N2O3/c1-6-4-8(12)11(9(6)13)5-7-2-3-10-14-7/h2-4H,5H2,1H3. The maximum Gasteiger partial charge on any atom is 0.256 e. The molecule has 0 N–H and O–H groups in total. The summed E-state index contributed by atoms with van der Waals surface area (Å²) >= 11 is 0. The van der Waals surface area contributed by atoms with Crippen molar-refractivity contribution < 1.29 is 14.1 Å². The predicted octanol–water partition coefficient (Wildman–Crippen LogP) is 0.490. The van der Waals surface area contributed by atoms with E-state index < -0.39 is 0 Å². The average Bonchev–Trinajstić information content (AvgIpc) is 2.71. The van der Waals surface area contributed by atoms with Gasteiger partial charge in [-0.1, -0.05) is 5.16 Å². The average molecular weight is 192 g/mol. The van der Waals surface area contributed by atoms with Crippen molar-refractivity contribution in [3.63, 3.8) is 0 Å². The van der Waals surface area contributed by atoms with Gasteiger partial charge in [-0.15, -0.1) is 0 Å². The van der Waals surface area contributed by atoms with Crippen LogP contribution >= 0.6 is 0 Å². The summed E-state index contributed by atoms with van der Waals surface area (Å²) in [4.78, 5) is 23.8. The Kier molecular flexibility index (Phi) is 1.92. The minimum atomic E-state index is -0.302. The second-order valence-corrected chi connectivity index (χ2v) is 3.04. The van der Waals surface area contributed by atoms with Gasteiger partial charge in [-0.3, -0.25) is 14.5 Å². The first kappa shape index (κ1) is 8.68. The van der Waals surface area contributed by atoms with E-state index in [1.54, 1.807) is 13.0 Å². The monoisotopic (exact) mass is 192 g/mol. The lowest BCUT2D eigenvalue weighted by Crippen LogP contribution is -2.29. The predicted molar refractivity (Wildman–Crippen MR) is 45.8 cm³/mol. The first-order chi connectivity index (χ1) is 6.68. The Balaban J connectivity index is 2.15. The number of rotatable bonds is 2. The molecule has 72 valence electrons. The molecule has 1 aliphatic heterocycles. The molecular formula is C9H8N2O3. The SMILES string of the molecule is CC1=CC(=O)N(Cc2ccno2)C1=O. The highest BCUT2D eigenvalue weighted by atomic mass is 16.5. The molecule has 0 aliphatic carbocycles. The van der Waals surface area contributed by atoms with E-state index in [1.807, 2.05) is 0 Å². The highest BCUT2D eigenvalue weighted by molar-refractivity contribution is 6.15. The molecule has 2 rings (SSSR count). The van der Waals surface area contributed by atoms with Gasteiger partial charge in [0.25, 0.3) is 11.8 Å². The number of hydrogen-bond donors (Lipinski definition) is 0. The molecule has 1 aromatic rings. The molecule has 0 fully saturated rings. The Hall–Kier alpha value is -1.91. The van der Waals surface area contributed by atoms with Gasteiger partial charge in [0.15, 0.2) is 5.76 Å². The van der Waals surface area contributed by atoms with Crippen LogP contribution in [0.2, 0.25) is 0 Å². The third-order valence-corrected chi connectivity index (χ3v) is 1.99. The summed E-state index contributed by atoms with van der Waals surface area (Å²) in [5.74, 6) is -0.0786. The molecule has 0 radical (unpaired) electrons. The number of imide groups is 1. The smallest absolute Gasteiger partial charge is 0.256 e. The first-order valence-electron chi connectivity index (χ1n) is 4.12. The van der Waals surface area contributed by atoms with Crippen molar-refractivity contribution in [1.29, 1.82) is 0 Å². The van der Waals surface area contributed by atoms with Crippen LogP contribution in [0.25, 0.3) is 0 Å². The number of nitrogens with zero attached hydrogens (tertiary/aromatic N) is 2. The number of aromatic nitrogens is 1. The van der Waals surface area contributed by atoms with Gasteiger partial charge in [0.05, 0.1) is 12.7 Å². The lowest BCUT2D eigenvalue weighted by molar-refractivity contribution is -0.138. The third-order valence-electron chi connectivity index (χ3n) is 1.99. The summed E-state index contributed by atoms with van der Waals surface area (Å²) < 4.78 is 4.81. The normalized spacial score (nSPS) is 16.4. The molecule has 0 atom stereocenters. The van der Waals surface area contributed by atoms with Crippen molar-refractivity contribution in [2.45, 2.75) is 13.5 Å². The zero-order valence-corrected chi connectivity index (χ0v) is 7.56. The molecular weight excluding hydrogens is 184 g/mol. The summed E-state index contributed by atoms with van der Waals surface area (Å²) in [7, 11) is 0. The zero-order chi connectivity index (χ0) is 10.1. The van der Waals surface area contributed by atoms with Crippen molar-refractivity contribution in [2.75, 3.05) is 0 Å². The summed E-state index contributed by atoms with van der Waals surface area (Å²) in [5.41, 5.74) is 0.453. The molecule has 5 nitrogen and oxygen atoms in total. The molecule has 2 amide bonds. The van der Waals surface area contributed by atoms with E-state index in [9.17, 15) is 9.59 Å². The van der Waals surface area contributed by atoms with Crippen LogP contribution in [-0.2, 0) is 16.1 Å². The van der Waals surface area contributed by atoms with Crippen LogP contribution in [0.4, 0.5) is 0 Å². The van der Waals surface area contributed by atoms with E-state index in [0.29, 0.717) is 11.3 Å². The number of carbonyl (C=O) groups is 2. The fraction of sp³-hybridized carbons (Fsp3) is 0.222. The molecule has 0 spiro atoms. The number of hydrogen-bond acceptors (Lipinski definition) is 4. The summed E-state index contributed by atoms with van der Waals surface area (Å²) in [6.45, 7) is 1.76. The summed E-state index contributed by atoms with van der Waals surface area (Å²) in [6, 6.07) is 1.62. The Labute approximate surface area is 80.0 Å². The van der Waals surface area contributed by atoms with Gasteiger partial charge in [-0.25, -0.2) is 0 Å². The molecule has 0 bridgehead atoms. The fourth-order valence-electron chi connectivity index (χ4n) is 1.27. The zero-order valence-electron chi connectivity index (χ0n) is 7.56. The number of carbonyl (C=O) groups excluding carboxylic acids is 2. The van der Waals surface area contributed by atoms with Gasteiger partial charge in [0.1, 0.15) is 0 Å². The molecule has 1 aliphatic rings. The maximum atomic E-state index is 11.4. The maximum absolute atomic E-state index is 11.4. The highest BCUT2D eigenvalue weighted by Gasteiger charge is 2.28. The quantitative estimate of drug-likeness (QED) is 0.639. The molecule has 0 aromatic carbocycles. The molecule has 0 saturated carbocycles. The minimum absolute atomic E-state index is 0.144. The first-order valence-corrected chi connectivity index (χ1v) is 4.12. The van der Waals surface area contributed by atoms with E-state index in [-0.39, 0.29) is 18.4 Å². The van der Waals surface area contributed by atoms with Crippen LogP contribution < -0.4 is 0 Å². The Morgan fingerprint density at radius 3 is 2.79 bits per heavy atom. The van der Waals surface area contributed by atoms with E-state index in [0.717, 1.165) is 4.90 Å². The van der Waals surface area contributed by atoms with Crippen molar-refractivity contribution in [3.05, 3.63) is 29.7 Å². The largest absolute Gasteiger partial charge is 0.359 e. The summed E-state index contributed by atoms with van der Waals surface area (Å²) in [5, 5.41) is 3.49. The molecule has 2 heterocycles. The third kappa shape index (κ3) is 1.32. The second kappa shape index (κ2) is 3.10. The van der Waals surface area contributed by atoms with E-state index in [2.05, 4.69) is 5.16 Å². The van der Waals surface area contributed by atoms with Crippen LogP contribution in [0, 0.1) is 0 Å². The van der Waals surface area contributed by atoms with Crippen LogP contribution in [-0.4, -0.2) is 21.9 Å². The Bertz CT molecular complexity index is 406. The van der Waals surface area contributed by atoms with Crippen LogP contribution in [0.5, 0.6) is 0 Å². The van der Waals surface area contributed by atoms with Gasteiger partial charge in [0, 0.05) is 17.7 Å². The molecule has 0 saturated heterocycles. The van der Waals surface area contributed by atoms with E-state index in [4.69, 9.17) is 4.52 Å². The fourth-order valence-corrected chi connectivity index (χ4v) is 1.27. The van der Waals surface area contributed by atoms with Crippen molar-refractivity contribution in [2.24, 2.45) is 0 Å². The second-order valence-electron chi connectivity index (χ2n) is 3.04. The molecule has 0 unspecified atom stereocenters. The van der Waals surface area contributed by atoms with Crippen LogP contribution in [0.1, 0.15) is 12.7 Å². The van der Waals surface area contributed by atoms with Gasteiger partial charge in [0.2, 0.25) is 0 Å². The van der Waals surface area contributed by atoms with E-state index >= 15 is 0 Å². The highest BCUT2D eigenvalue weighted by Crippen LogP contribution is 2.15. The van der Waals surface area contributed by atoms with Gasteiger partial charge in [-0.2, -0.15) is 0 Å². The lowest BCUT2D eigenvalue weighted by Gasteiger charge is -2.11. The molecule has 5 heteroatoms. The minimum Gasteiger partial charge on any atom is -0.359 e. The lowest BCUT2D eigenvalue weighted by atomic mass is 10.3. The van der Waals surface area contributed by atoms with Crippen molar-refractivity contribution in [1.82, 2.24) is 10.1 Å². The molecule has 14 heavy (non-hydrogen) atoms.